The van der Waals surface area contributed by atoms with Crippen molar-refractivity contribution in [2.24, 2.45) is 0 Å². The van der Waals surface area contributed by atoms with Crippen LogP contribution in [0.2, 0.25) is 0 Å². The third-order valence-corrected chi connectivity index (χ3v) is 5.68. The predicted molar refractivity (Wildman–Crippen MR) is 89.9 cm³/mol. The van der Waals surface area contributed by atoms with E-state index in [1.807, 2.05) is 0 Å². The number of anilines is 1. The molecule has 0 fully saturated rings. The fourth-order valence-electron chi connectivity index (χ4n) is 1.89. The Bertz CT molecular complexity index is 891. The molecule has 2 aromatic rings. The summed E-state index contributed by atoms with van der Waals surface area (Å²) in [6.45, 7) is 3.44. The van der Waals surface area contributed by atoms with E-state index in [1.165, 1.54) is 0 Å². The summed E-state index contributed by atoms with van der Waals surface area (Å²) in [6.07, 6.45) is 0. The van der Waals surface area contributed by atoms with Crippen molar-refractivity contribution in [1.82, 2.24) is 4.98 Å². The molecule has 1 aromatic carbocycles. The lowest BCUT2D eigenvalue weighted by atomic mass is 10.4. The number of sulfone groups is 1. The smallest absolute Gasteiger partial charge is 0.350 e. The van der Waals surface area contributed by atoms with Gasteiger partial charge in [-0.15, -0.1) is 0 Å². The van der Waals surface area contributed by atoms with E-state index in [2.05, 4.69) is 10.3 Å². The molecule has 0 aliphatic heterocycles. The molecule has 0 saturated carbocycles. The summed E-state index contributed by atoms with van der Waals surface area (Å²) in [7, 11) is -3.92. The van der Waals surface area contributed by atoms with Gasteiger partial charge in [0, 0.05) is 0 Å². The quantitative estimate of drug-likeness (QED) is 0.603. The van der Waals surface area contributed by atoms with Crippen LogP contribution in [0.1, 0.15) is 22.3 Å². The zero-order chi connectivity index (χ0) is 18.6. The van der Waals surface area contributed by atoms with Gasteiger partial charge in [0.15, 0.2) is 15.0 Å². The summed E-state index contributed by atoms with van der Waals surface area (Å²) in [4.78, 5) is 27.8. The monoisotopic (exact) mass is 386 g/mol. The molecule has 0 spiro atoms. The maximum atomic E-state index is 12.9. The van der Waals surface area contributed by atoms with Gasteiger partial charge in [-0.05, 0) is 38.1 Å². The minimum Gasteiger partial charge on any atom is -0.462 e. The molecule has 0 aliphatic rings. The number of nitrogens with one attached hydrogen (secondary N) is 1. The number of thiazole rings is 1. The van der Waals surface area contributed by atoms with E-state index in [0.29, 0.717) is 5.69 Å². The molecule has 0 radical (unpaired) electrons. The Morgan fingerprint density at radius 3 is 2.52 bits per heavy atom. The summed E-state index contributed by atoms with van der Waals surface area (Å²) in [5, 5.41) is 2.44. The second-order valence-corrected chi connectivity index (χ2v) is 7.90. The van der Waals surface area contributed by atoms with Gasteiger partial charge in [-0.1, -0.05) is 11.3 Å². The molecule has 25 heavy (non-hydrogen) atoms. The van der Waals surface area contributed by atoms with Crippen molar-refractivity contribution in [3.05, 3.63) is 40.7 Å². The minimum atomic E-state index is -3.92. The van der Waals surface area contributed by atoms with Crippen molar-refractivity contribution in [1.29, 1.82) is 0 Å². The molecule has 1 heterocycles. The molecule has 2 rings (SSSR count). The Morgan fingerprint density at radius 1 is 1.28 bits per heavy atom. The number of ether oxygens (including phenoxy) is 1. The van der Waals surface area contributed by atoms with Crippen LogP contribution in [0.4, 0.5) is 9.52 Å². The van der Waals surface area contributed by atoms with E-state index in [0.717, 1.165) is 35.6 Å². The Labute approximate surface area is 147 Å². The summed E-state index contributed by atoms with van der Waals surface area (Å²) >= 11 is 0.898. The number of hydrogen-bond acceptors (Lipinski definition) is 7. The Kier molecular flexibility index (Phi) is 5.85. The fraction of sp³-hybridized carbons (Fsp3) is 0.267. The van der Waals surface area contributed by atoms with Gasteiger partial charge in [0.05, 0.1) is 17.2 Å². The van der Waals surface area contributed by atoms with Crippen LogP contribution in [-0.4, -0.2) is 37.6 Å². The summed E-state index contributed by atoms with van der Waals surface area (Å²) in [5.74, 6) is -2.77. The number of aromatic nitrogens is 1. The van der Waals surface area contributed by atoms with Gasteiger partial charge in [0.25, 0.3) is 0 Å². The minimum absolute atomic E-state index is 0.0971. The van der Waals surface area contributed by atoms with Gasteiger partial charge in [0.1, 0.15) is 16.4 Å². The second-order valence-electron chi connectivity index (χ2n) is 4.92. The number of hydrogen-bond donors (Lipinski definition) is 1. The zero-order valence-electron chi connectivity index (χ0n) is 13.4. The van der Waals surface area contributed by atoms with Crippen LogP contribution in [0.15, 0.2) is 29.2 Å². The van der Waals surface area contributed by atoms with Gasteiger partial charge in [-0.25, -0.2) is 22.6 Å². The molecule has 0 saturated heterocycles. The molecular formula is C15H15FN2O5S2. The number of nitrogens with zero attached hydrogens (tertiary/aromatic N) is 1. The first-order valence-corrected chi connectivity index (χ1v) is 9.62. The van der Waals surface area contributed by atoms with Crippen LogP contribution in [-0.2, 0) is 19.4 Å². The zero-order valence-corrected chi connectivity index (χ0v) is 15.0. The van der Waals surface area contributed by atoms with Crippen molar-refractivity contribution in [2.45, 2.75) is 18.7 Å². The first-order chi connectivity index (χ1) is 11.7. The molecule has 0 bridgehead atoms. The molecule has 7 nitrogen and oxygen atoms in total. The van der Waals surface area contributed by atoms with E-state index >= 15 is 0 Å². The van der Waals surface area contributed by atoms with Crippen molar-refractivity contribution in [2.75, 3.05) is 17.7 Å². The highest BCUT2D eigenvalue weighted by molar-refractivity contribution is 7.92. The van der Waals surface area contributed by atoms with Gasteiger partial charge in [0.2, 0.25) is 5.91 Å². The summed E-state index contributed by atoms with van der Waals surface area (Å²) in [5.41, 5.74) is 0.375. The van der Waals surface area contributed by atoms with Crippen LogP contribution in [0.25, 0.3) is 0 Å². The van der Waals surface area contributed by atoms with Crippen LogP contribution in [0.5, 0.6) is 0 Å². The number of carbonyl (C=O) groups is 2. The SMILES string of the molecule is CCOC(=O)c1sc(NC(=O)CS(=O)(=O)c2ccc(F)cc2)nc1C. The van der Waals surface area contributed by atoms with Crippen LogP contribution < -0.4 is 5.32 Å². The number of carbonyl (C=O) groups excluding carboxylic acids is 2. The summed E-state index contributed by atoms with van der Waals surface area (Å²) in [6, 6.07) is 4.18. The fourth-order valence-corrected chi connectivity index (χ4v) is 3.90. The first-order valence-electron chi connectivity index (χ1n) is 7.15. The lowest BCUT2D eigenvalue weighted by Crippen LogP contribution is -2.23. The number of halogens is 1. The normalized spacial score (nSPS) is 11.2. The third kappa shape index (κ3) is 4.83. The average Bonchev–Trinajstić information content (AvgIpc) is 2.87. The largest absolute Gasteiger partial charge is 0.462 e. The van der Waals surface area contributed by atoms with Gasteiger partial charge >= 0.3 is 5.97 Å². The third-order valence-electron chi connectivity index (χ3n) is 3.00. The lowest BCUT2D eigenvalue weighted by molar-refractivity contribution is -0.113. The molecule has 1 amide bonds. The molecule has 0 atom stereocenters. The Hall–Kier alpha value is -2.33. The average molecular weight is 386 g/mol. The number of amides is 1. The highest BCUT2D eigenvalue weighted by Crippen LogP contribution is 2.23. The number of rotatable bonds is 6. The number of aryl methyl sites for hydroxylation is 1. The highest BCUT2D eigenvalue weighted by Gasteiger charge is 2.22. The predicted octanol–water partition coefficient (Wildman–Crippen LogP) is 2.18. The van der Waals surface area contributed by atoms with Crippen LogP contribution in [0, 0.1) is 12.7 Å². The van der Waals surface area contributed by atoms with E-state index in [-0.39, 0.29) is 21.5 Å². The Morgan fingerprint density at radius 2 is 1.92 bits per heavy atom. The van der Waals surface area contributed by atoms with Crippen molar-refractivity contribution >= 4 is 38.2 Å². The van der Waals surface area contributed by atoms with Crippen LogP contribution in [0.3, 0.4) is 0 Å². The molecule has 10 heteroatoms. The van der Waals surface area contributed by atoms with Crippen LogP contribution >= 0.6 is 11.3 Å². The van der Waals surface area contributed by atoms with Gasteiger partial charge in [-0.3, -0.25) is 4.79 Å². The number of esters is 1. The maximum Gasteiger partial charge on any atom is 0.350 e. The highest BCUT2D eigenvalue weighted by atomic mass is 32.2. The second kappa shape index (κ2) is 7.70. The molecule has 1 aromatic heterocycles. The maximum absolute atomic E-state index is 12.9. The van der Waals surface area contributed by atoms with Crippen molar-refractivity contribution in [3.63, 3.8) is 0 Å². The van der Waals surface area contributed by atoms with Gasteiger partial charge in [-0.2, -0.15) is 0 Å². The number of benzene rings is 1. The lowest BCUT2D eigenvalue weighted by Gasteiger charge is -2.04. The van der Waals surface area contributed by atoms with Crippen molar-refractivity contribution in [3.8, 4) is 0 Å². The molecule has 134 valence electrons. The first kappa shape index (κ1) is 19.0. The standard InChI is InChI=1S/C15H15FN2O5S2/c1-3-23-14(20)13-9(2)17-15(24-13)18-12(19)8-25(21,22)11-6-4-10(16)5-7-11/h4-7H,3,8H2,1-2H3,(H,17,18,19). The van der Waals surface area contributed by atoms with E-state index in [9.17, 15) is 22.4 Å². The van der Waals surface area contributed by atoms with Gasteiger partial charge < -0.3 is 10.1 Å². The summed E-state index contributed by atoms with van der Waals surface area (Å²) < 4.78 is 42.0. The van der Waals surface area contributed by atoms with E-state index < -0.39 is 33.3 Å². The molecule has 0 unspecified atom stereocenters. The molecule has 1 N–H and O–H groups in total. The van der Waals surface area contributed by atoms with E-state index in [4.69, 9.17) is 4.74 Å². The van der Waals surface area contributed by atoms with E-state index in [1.54, 1.807) is 13.8 Å². The topological polar surface area (TPSA) is 102 Å². The molecular weight excluding hydrogens is 371 g/mol. The Balaban J connectivity index is 2.08. The van der Waals surface area contributed by atoms with Crippen molar-refractivity contribution < 1.29 is 27.1 Å². The molecule has 0 aliphatic carbocycles.